The van der Waals surface area contributed by atoms with E-state index in [1.165, 1.54) is 0 Å². The van der Waals surface area contributed by atoms with E-state index in [-0.39, 0.29) is 24.3 Å². The van der Waals surface area contributed by atoms with Gasteiger partial charge >= 0.3 is 6.03 Å². The van der Waals surface area contributed by atoms with Crippen molar-refractivity contribution in [3.05, 3.63) is 35.9 Å². The van der Waals surface area contributed by atoms with Gasteiger partial charge in [-0.05, 0) is 24.3 Å². The van der Waals surface area contributed by atoms with Gasteiger partial charge in [0.25, 0.3) is 5.91 Å². The Morgan fingerprint density at radius 1 is 1.29 bits per heavy atom. The third kappa shape index (κ3) is 4.04. The third-order valence-corrected chi connectivity index (χ3v) is 5.93. The first kappa shape index (κ1) is 20.3. The molecular formula is C21H29N3O4. The van der Waals surface area contributed by atoms with Gasteiger partial charge in [0.1, 0.15) is 12.1 Å². The zero-order valence-corrected chi connectivity index (χ0v) is 16.6. The summed E-state index contributed by atoms with van der Waals surface area (Å²) in [5, 5.41) is 2.90. The molecule has 1 aromatic carbocycles. The Kier molecular flexibility index (Phi) is 6.34. The molecule has 2 atom stereocenters. The average Bonchev–Trinajstić information content (AvgIpc) is 2.93. The van der Waals surface area contributed by atoms with E-state index >= 15 is 0 Å². The minimum atomic E-state index is -0.841. The zero-order chi connectivity index (χ0) is 20.1. The number of nitrogens with zero attached hydrogens (tertiary/aromatic N) is 2. The van der Waals surface area contributed by atoms with Gasteiger partial charge in [0.2, 0.25) is 5.91 Å². The number of amides is 4. The lowest BCUT2D eigenvalue weighted by atomic mass is 9.73. The smallest absolute Gasteiger partial charge is 0.325 e. The molecule has 1 heterocycles. The van der Waals surface area contributed by atoms with Gasteiger partial charge in [-0.15, -0.1) is 0 Å². The number of carbonyl (C=O) groups is 3. The van der Waals surface area contributed by atoms with Crippen molar-refractivity contribution < 1.29 is 19.1 Å². The van der Waals surface area contributed by atoms with Crippen LogP contribution in [0.2, 0.25) is 0 Å². The largest absolute Gasteiger partial charge is 0.383 e. The fourth-order valence-corrected chi connectivity index (χ4v) is 4.17. The summed E-state index contributed by atoms with van der Waals surface area (Å²) in [5.41, 5.74) is 0.147. The molecular weight excluding hydrogens is 358 g/mol. The Balaban J connectivity index is 1.71. The van der Waals surface area contributed by atoms with Crippen molar-refractivity contribution in [2.75, 3.05) is 26.8 Å². The van der Waals surface area contributed by atoms with Crippen LogP contribution in [0.15, 0.2) is 30.3 Å². The summed E-state index contributed by atoms with van der Waals surface area (Å²) in [6, 6.07) is 9.18. The van der Waals surface area contributed by atoms with E-state index in [1.807, 2.05) is 37.3 Å². The van der Waals surface area contributed by atoms with Crippen LogP contribution in [0.3, 0.4) is 0 Å². The van der Waals surface area contributed by atoms with Crippen LogP contribution in [0.1, 0.15) is 38.2 Å². The molecule has 1 saturated carbocycles. The fourth-order valence-electron chi connectivity index (χ4n) is 4.17. The Bertz CT molecular complexity index is 724. The lowest BCUT2D eigenvalue weighted by molar-refractivity contribution is -0.141. The van der Waals surface area contributed by atoms with Crippen LogP contribution in [0.25, 0.3) is 0 Å². The number of ether oxygens (including phenoxy) is 1. The van der Waals surface area contributed by atoms with Crippen LogP contribution in [-0.2, 0) is 20.9 Å². The molecule has 28 heavy (non-hydrogen) atoms. The minimum absolute atomic E-state index is 0.0757. The van der Waals surface area contributed by atoms with Crippen LogP contribution < -0.4 is 5.32 Å². The molecule has 7 heteroatoms. The fraction of sp³-hybridized carbons (Fsp3) is 0.571. The van der Waals surface area contributed by atoms with E-state index < -0.39 is 11.6 Å². The molecule has 2 aliphatic rings. The minimum Gasteiger partial charge on any atom is -0.383 e. The maximum absolute atomic E-state index is 13.1. The number of benzene rings is 1. The van der Waals surface area contributed by atoms with Crippen molar-refractivity contribution in [3.63, 3.8) is 0 Å². The Labute approximate surface area is 166 Å². The van der Waals surface area contributed by atoms with Crippen LogP contribution in [0.5, 0.6) is 0 Å². The van der Waals surface area contributed by atoms with Gasteiger partial charge in [0.05, 0.1) is 6.61 Å². The first-order chi connectivity index (χ1) is 13.5. The van der Waals surface area contributed by atoms with Gasteiger partial charge in [-0.1, -0.05) is 50.1 Å². The summed E-state index contributed by atoms with van der Waals surface area (Å²) in [4.78, 5) is 41.3. The summed E-state index contributed by atoms with van der Waals surface area (Å²) in [6.07, 6.45) is 3.52. The zero-order valence-electron chi connectivity index (χ0n) is 16.6. The molecule has 1 spiro atoms. The summed E-state index contributed by atoms with van der Waals surface area (Å²) < 4.78 is 5.12. The van der Waals surface area contributed by atoms with Crippen molar-refractivity contribution >= 4 is 17.8 Å². The summed E-state index contributed by atoms with van der Waals surface area (Å²) in [6.45, 7) is 2.96. The number of rotatable bonds is 7. The molecule has 7 nitrogen and oxygen atoms in total. The monoisotopic (exact) mass is 387 g/mol. The van der Waals surface area contributed by atoms with Gasteiger partial charge in [-0.3, -0.25) is 14.5 Å². The first-order valence-electron chi connectivity index (χ1n) is 9.92. The highest BCUT2D eigenvalue weighted by Crippen LogP contribution is 2.38. The normalized spacial score (nSPS) is 24.5. The van der Waals surface area contributed by atoms with E-state index in [1.54, 1.807) is 12.0 Å². The molecule has 0 bridgehead atoms. The quantitative estimate of drug-likeness (QED) is 0.727. The van der Waals surface area contributed by atoms with E-state index in [0.29, 0.717) is 26.1 Å². The topological polar surface area (TPSA) is 79.0 Å². The summed E-state index contributed by atoms with van der Waals surface area (Å²) in [5.74, 6) is -0.443. The van der Waals surface area contributed by atoms with Crippen molar-refractivity contribution in [1.82, 2.24) is 15.1 Å². The predicted octanol–water partition coefficient (Wildman–Crippen LogP) is 2.16. The SMILES string of the molecule is COCCN(Cc1ccccc1)C(=O)CN1C(=O)N[C@]2(CCCC[C@H]2C)C1=O. The molecule has 4 amide bonds. The van der Waals surface area contributed by atoms with Gasteiger partial charge < -0.3 is 15.0 Å². The van der Waals surface area contributed by atoms with Crippen molar-refractivity contribution in [3.8, 4) is 0 Å². The molecule has 1 aliphatic heterocycles. The van der Waals surface area contributed by atoms with Gasteiger partial charge in [-0.2, -0.15) is 0 Å². The highest BCUT2D eigenvalue weighted by molar-refractivity contribution is 6.09. The molecule has 0 radical (unpaired) electrons. The van der Waals surface area contributed by atoms with Crippen LogP contribution in [0, 0.1) is 5.92 Å². The second-order valence-electron chi connectivity index (χ2n) is 7.73. The molecule has 0 unspecified atom stereocenters. The van der Waals surface area contributed by atoms with Gasteiger partial charge in [-0.25, -0.2) is 4.79 Å². The maximum atomic E-state index is 13.1. The number of imide groups is 1. The van der Waals surface area contributed by atoms with Crippen LogP contribution in [0.4, 0.5) is 4.79 Å². The van der Waals surface area contributed by atoms with Gasteiger partial charge in [0, 0.05) is 20.2 Å². The molecule has 2 fully saturated rings. The molecule has 1 saturated heterocycles. The first-order valence-corrected chi connectivity index (χ1v) is 9.92. The number of hydrogen-bond acceptors (Lipinski definition) is 4. The molecule has 152 valence electrons. The number of urea groups is 1. The highest BCUT2D eigenvalue weighted by Gasteiger charge is 2.55. The van der Waals surface area contributed by atoms with Crippen molar-refractivity contribution in [2.45, 2.75) is 44.7 Å². The second kappa shape index (κ2) is 8.73. The average molecular weight is 387 g/mol. The number of hydrogen-bond donors (Lipinski definition) is 1. The molecule has 0 aromatic heterocycles. The Hall–Kier alpha value is -2.41. The van der Waals surface area contributed by atoms with E-state index in [2.05, 4.69) is 5.32 Å². The Morgan fingerprint density at radius 3 is 2.71 bits per heavy atom. The standard InChI is InChI=1S/C21H29N3O4/c1-16-8-6-7-11-21(16)19(26)24(20(27)22-21)15-18(25)23(12-13-28-2)14-17-9-4-3-5-10-17/h3-5,9-10,16H,6-8,11-15H2,1-2H3,(H,22,27)/t16-,21+/m1/s1. The molecule has 1 aliphatic carbocycles. The molecule has 1 aromatic rings. The van der Waals surface area contributed by atoms with Crippen molar-refractivity contribution in [1.29, 1.82) is 0 Å². The number of nitrogens with one attached hydrogen (secondary N) is 1. The summed E-state index contributed by atoms with van der Waals surface area (Å²) in [7, 11) is 1.58. The molecule has 3 rings (SSSR count). The highest BCUT2D eigenvalue weighted by atomic mass is 16.5. The second-order valence-corrected chi connectivity index (χ2v) is 7.73. The van der Waals surface area contributed by atoms with Crippen LogP contribution >= 0.6 is 0 Å². The van der Waals surface area contributed by atoms with Gasteiger partial charge in [0.15, 0.2) is 0 Å². The van der Waals surface area contributed by atoms with E-state index in [4.69, 9.17) is 4.74 Å². The Morgan fingerprint density at radius 2 is 2.04 bits per heavy atom. The number of carbonyl (C=O) groups excluding carboxylic acids is 3. The number of methoxy groups -OCH3 is 1. The van der Waals surface area contributed by atoms with E-state index in [0.717, 1.165) is 29.7 Å². The lowest BCUT2D eigenvalue weighted by Gasteiger charge is -2.36. The van der Waals surface area contributed by atoms with E-state index in [9.17, 15) is 14.4 Å². The van der Waals surface area contributed by atoms with Crippen molar-refractivity contribution in [2.24, 2.45) is 5.92 Å². The summed E-state index contributed by atoms with van der Waals surface area (Å²) >= 11 is 0. The lowest BCUT2D eigenvalue weighted by Crippen LogP contribution is -2.54. The maximum Gasteiger partial charge on any atom is 0.325 e. The van der Waals surface area contributed by atoms with Crippen LogP contribution in [-0.4, -0.2) is 60.0 Å². The predicted molar refractivity (Wildman–Crippen MR) is 104 cm³/mol. The third-order valence-electron chi connectivity index (χ3n) is 5.93. The molecule has 1 N–H and O–H groups in total.